The molecule has 2 heterocycles. The number of anilines is 1. The highest BCUT2D eigenvalue weighted by atomic mass is 32.1. The van der Waals surface area contributed by atoms with E-state index >= 15 is 0 Å². The van der Waals surface area contributed by atoms with Crippen molar-refractivity contribution in [3.8, 4) is 22.8 Å². The largest absolute Gasteiger partial charge is 0.451 e. The third-order valence-corrected chi connectivity index (χ3v) is 5.96. The Morgan fingerprint density at radius 1 is 0.857 bits per heavy atom. The van der Waals surface area contributed by atoms with Gasteiger partial charge in [0.2, 0.25) is 5.89 Å². The van der Waals surface area contributed by atoms with Crippen molar-refractivity contribution < 1.29 is 13.6 Å². The highest BCUT2D eigenvalue weighted by molar-refractivity contribution is 7.80. The van der Waals surface area contributed by atoms with E-state index in [9.17, 15) is 4.79 Å². The predicted octanol–water partition coefficient (Wildman–Crippen LogP) is 6.81. The summed E-state index contributed by atoms with van der Waals surface area (Å²) in [5.74, 6) is 0.922. The summed E-state index contributed by atoms with van der Waals surface area (Å²) in [7, 11) is 0. The van der Waals surface area contributed by atoms with Crippen LogP contribution in [0.4, 0.5) is 5.69 Å². The molecule has 2 N–H and O–H groups in total. The number of hydrogen-bond acceptors (Lipinski definition) is 5. The molecule has 1 amide bonds. The number of nitrogens with one attached hydrogen (secondary N) is 2. The van der Waals surface area contributed by atoms with Gasteiger partial charge in [-0.05, 0) is 92.6 Å². The third kappa shape index (κ3) is 4.85. The van der Waals surface area contributed by atoms with Gasteiger partial charge in [0, 0.05) is 16.8 Å². The number of aryl methyl sites for hydroxylation is 3. The second-order valence-corrected chi connectivity index (χ2v) is 8.85. The molecule has 0 bridgehead atoms. The molecule has 0 saturated carbocycles. The maximum Gasteiger partial charge on any atom is 0.293 e. The molecule has 5 aromatic rings. The number of benzene rings is 3. The van der Waals surface area contributed by atoms with E-state index in [1.807, 2.05) is 74.5 Å². The minimum absolute atomic E-state index is 0.154. The molecule has 7 heteroatoms. The van der Waals surface area contributed by atoms with E-state index < -0.39 is 5.91 Å². The Balaban J connectivity index is 1.26. The van der Waals surface area contributed by atoms with Gasteiger partial charge in [0.05, 0.1) is 0 Å². The number of aromatic nitrogens is 1. The second-order valence-electron chi connectivity index (χ2n) is 8.44. The van der Waals surface area contributed by atoms with Gasteiger partial charge in [-0.1, -0.05) is 29.8 Å². The van der Waals surface area contributed by atoms with Crippen molar-refractivity contribution in [2.24, 2.45) is 0 Å². The first-order valence-electron chi connectivity index (χ1n) is 11.1. The Labute approximate surface area is 208 Å². The van der Waals surface area contributed by atoms with E-state index in [-0.39, 0.29) is 10.9 Å². The zero-order valence-corrected chi connectivity index (χ0v) is 20.3. The van der Waals surface area contributed by atoms with Gasteiger partial charge in [0.25, 0.3) is 5.91 Å². The molecule has 0 aliphatic heterocycles. The van der Waals surface area contributed by atoms with Gasteiger partial charge < -0.3 is 14.2 Å². The second kappa shape index (κ2) is 9.19. The fraction of sp³-hybridized carbons (Fsp3) is 0.107. The molecule has 0 atom stereocenters. The van der Waals surface area contributed by atoms with Crippen molar-refractivity contribution in [2.75, 3.05) is 5.32 Å². The number of furan rings is 1. The van der Waals surface area contributed by atoms with E-state index in [2.05, 4.69) is 22.5 Å². The van der Waals surface area contributed by atoms with Crippen LogP contribution in [-0.4, -0.2) is 16.0 Å². The number of amides is 1. The van der Waals surface area contributed by atoms with Crippen molar-refractivity contribution in [3.63, 3.8) is 0 Å². The Morgan fingerprint density at radius 3 is 2.51 bits per heavy atom. The number of fused-ring (bicyclic) bond motifs is 1. The average Bonchev–Trinajstić information content (AvgIpc) is 3.48. The van der Waals surface area contributed by atoms with E-state index in [1.54, 1.807) is 12.1 Å². The molecule has 0 aliphatic carbocycles. The highest BCUT2D eigenvalue weighted by Gasteiger charge is 2.15. The summed E-state index contributed by atoms with van der Waals surface area (Å²) in [6, 6.07) is 22.9. The Kier molecular flexibility index (Phi) is 5.93. The highest BCUT2D eigenvalue weighted by Crippen LogP contribution is 2.27. The molecular weight excluding hydrogens is 458 g/mol. The molecule has 5 rings (SSSR count). The quantitative estimate of drug-likeness (QED) is 0.275. The topological polar surface area (TPSA) is 80.3 Å². The van der Waals surface area contributed by atoms with Gasteiger partial charge in [-0.15, -0.1) is 0 Å². The number of oxazole rings is 1. The summed E-state index contributed by atoms with van der Waals surface area (Å²) in [4.78, 5) is 17.2. The maximum absolute atomic E-state index is 12.7. The number of hydrogen-bond donors (Lipinski definition) is 2. The van der Waals surface area contributed by atoms with Gasteiger partial charge >= 0.3 is 0 Å². The fourth-order valence-corrected chi connectivity index (χ4v) is 3.95. The molecule has 0 unspecified atom stereocenters. The normalized spacial score (nSPS) is 10.9. The van der Waals surface area contributed by atoms with Crippen LogP contribution in [0, 0.1) is 20.8 Å². The van der Waals surface area contributed by atoms with Gasteiger partial charge in [0.15, 0.2) is 16.5 Å². The Bertz CT molecular complexity index is 1580. The van der Waals surface area contributed by atoms with Crippen molar-refractivity contribution in [1.82, 2.24) is 10.3 Å². The van der Waals surface area contributed by atoms with Crippen LogP contribution in [0.15, 0.2) is 81.6 Å². The molecular formula is C28H23N3O3S. The molecule has 0 aliphatic rings. The van der Waals surface area contributed by atoms with Crippen molar-refractivity contribution >= 4 is 40.0 Å². The SMILES string of the molecule is Cc1cccc(-c2nc3cc(NC(=S)NC(=O)c4ccc(-c5ccc(C)c(C)c5)o4)ccc3o2)c1. The van der Waals surface area contributed by atoms with Crippen LogP contribution in [0.25, 0.3) is 33.9 Å². The number of thiocarbonyl (C=S) groups is 1. The van der Waals surface area contributed by atoms with E-state index in [0.717, 1.165) is 22.3 Å². The van der Waals surface area contributed by atoms with Crippen LogP contribution in [-0.2, 0) is 0 Å². The standard InChI is InChI=1S/C28H23N3O3S/c1-16-5-4-6-20(13-16)27-30-22-15-21(9-10-24(22)34-27)29-28(35)31-26(32)25-12-11-23(33-25)19-8-7-17(2)18(3)14-19/h4-15H,1-3H3,(H2,29,31,32,35). The zero-order chi connectivity index (χ0) is 24.5. The Hall–Kier alpha value is -4.23. The summed E-state index contributed by atoms with van der Waals surface area (Å²) in [6.07, 6.45) is 0. The lowest BCUT2D eigenvalue weighted by Gasteiger charge is -2.08. The van der Waals surface area contributed by atoms with E-state index in [1.165, 1.54) is 5.56 Å². The zero-order valence-electron chi connectivity index (χ0n) is 19.5. The molecule has 0 spiro atoms. The lowest BCUT2D eigenvalue weighted by atomic mass is 10.1. The molecule has 0 fully saturated rings. The molecule has 2 aromatic heterocycles. The molecule has 0 radical (unpaired) electrons. The number of rotatable bonds is 4. The van der Waals surface area contributed by atoms with Gasteiger partial charge in [0.1, 0.15) is 11.3 Å². The monoisotopic (exact) mass is 481 g/mol. The first-order chi connectivity index (χ1) is 16.9. The maximum atomic E-state index is 12.7. The summed E-state index contributed by atoms with van der Waals surface area (Å²) in [6.45, 7) is 6.12. The van der Waals surface area contributed by atoms with Crippen LogP contribution in [0.3, 0.4) is 0 Å². The van der Waals surface area contributed by atoms with Gasteiger partial charge in [-0.25, -0.2) is 4.98 Å². The molecule has 174 valence electrons. The molecule has 0 saturated heterocycles. The molecule has 3 aromatic carbocycles. The molecule has 35 heavy (non-hydrogen) atoms. The first kappa shape index (κ1) is 22.6. The van der Waals surface area contributed by atoms with Crippen LogP contribution < -0.4 is 10.6 Å². The summed E-state index contributed by atoms with van der Waals surface area (Å²) >= 11 is 5.33. The average molecular weight is 482 g/mol. The lowest BCUT2D eigenvalue weighted by Crippen LogP contribution is -2.33. The lowest BCUT2D eigenvalue weighted by molar-refractivity contribution is 0.0951. The minimum atomic E-state index is -0.429. The number of nitrogens with zero attached hydrogens (tertiary/aromatic N) is 1. The van der Waals surface area contributed by atoms with Crippen LogP contribution in [0.1, 0.15) is 27.2 Å². The van der Waals surface area contributed by atoms with E-state index in [0.29, 0.717) is 28.4 Å². The summed E-state index contributed by atoms with van der Waals surface area (Å²) in [5.41, 5.74) is 7.35. The molecule has 6 nitrogen and oxygen atoms in total. The van der Waals surface area contributed by atoms with E-state index in [4.69, 9.17) is 21.1 Å². The van der Waals surface area contributed by atoms with Gasteiger partial charge in [-0.2, -0.15) is 0 Å². The van der Waals surface area contributed by atoms with Crippen molar-refractivity contribution in [1.29, 1.82) is 0 Å². The summed E-state index contributed by atoms with van der Waals surface area (Å²) in [5, 5.41) is 5.83. The van der Waals surface area contributed by atoms with Gasteiger partial charge in [-0.3, -0.25) is 10.1 Å². The first-order valence-corrected chi connectivity index (χ1v) is 11.5. The minimum Gasteiger partial charge on any atom is -0.451 e. The summed E-state index contributed by atoms with van der Waals surface area (Å²) < 4.78 is 11.7. The number of carbonyl (C=O) groups excluding carboxylic acids is 1. The Morgan fingerprint density at radius 2 is 1.71 bits per heavy atom. The van der Waals surface area contributed by atoms with Crippen LogP contribution in [0.5, 0.6) is 0 Å². The van der Waals surface area contributed by atoms with Crippen LogP contribution in [0.2, 0.25) is 0 Å². The smallest absolute Gasteiger partial charge is 0.293 e. The number of carbonyl (C=O) groups is 1. The predicted molar refractivity (Wildman–Crippen MR) is 141 cm³/mol. The fourth-order valence-electron chi connectivity index (χ4n) is 3.74. The van der Waals surface area contributed by atoms with Crippen molar-refractivity contribution in [2.45, 2.75) is 20.8 Å². The van der Waals surface area contributed by atoms with Crippen LogP contribution >= 0.6 is 12.2 Å². The van der Waals surface area contributed by atoms with Crippen molar-refractivity contribution in [3.05, 3.63) is 95.2 Å². The third-order valence-electron chi connectivity index (χ3n) is 5.76.